The third-order valence-corrected chi connectivity index (χ3v) is 5.27. The van der Waals surface area contributed by atoms with Gasteiger partial charge in [0.1, 0.15) is 17.3 Å². The van der Waals surface area contributed by atoms with Gasteiger partial charge >= 0.3 is 5.97 Å². The zero-order chi connectivity index (χ0) is 17.6. The minimum atomic E-state index is -0.290. The fourth-order valence-electron chi connectivity index (χ4n) is 2.06. The molecule has 0 aliphatic carbocycles. The summed E-state index contributed by atoms with van der Waals surface area (Å²) in [5, 5.41) is 5.98. The highest BCUT2D eigenvalue weighted by Crippen LogP contribution is 2.29. The molecule has 0 bridgehead atoms. The Hall–Kier alpha value is -2.25. The highest BCUT2D eigenvalue weighted by molar-refractivity contribution is 7.14. The number of hydrogen-bond acceptors (Lipinski definition) is 7. The van der Waals surface area contributed by atoms with Crippen molar-refractivity contribution >= 4 is 28.6 Å². The number of ether oxygens (including phenoxy) is 2. The van der Waals surface area contributed by atoms with E-state index in [1.54, 1.807) is 47.8 Å². The molecule has 25 heavy (non-hydrogen) atoms. The second-order valence-corrected chi connectivity index (χ2v) is 6.99. The van der Waals surface area contributed by atoms with Gasteiger partial charge in [0, 0.05) is 17.2 Å². The Labute approximate surface area is 154 Å². The van der Waals surface area contributed by atoms with Crippen LogP contribution >= 0.6 is 22.7 Å². The minimum Gasteiger partial charge on any atom is -0.483 e. The average molecular weight is 374 g/mol. The number of rotatable bonds is 7. The predicted molar refractivity (Wildman–Crippen MR) is 99.3 cm³/mol. The van der Waals surface area contributed by atoms with E-state index in [1.807, 2.05) is 16.8 Å². The molecule has 130 valence electrons. The summed E-state index contributed by atoms with van der Waals surface area (Å²) in [6.45, 7) is 4.15. The predicted octanol–water partition coefficient (Wildman–Crippen LogP) is 4.72. The van der Waals surface area contributed by atoms with Crippen LogP contribution in [0.1, 0.15) is 31.0 Å². The van der Waals surface area contributed by atoms with Gasteiger partial charge in [-0.15, -0.1) is 22.7 Å². The molecule has 3 aromatic rings. The van der Waals surface area contributed by atoms with Crippen LogP contribution in [0.2, 0.25) is 0 Å². The van der Waals surface area contributed by atoms with Crippen LogP contribution in [-0.4, -0.2) is 15.9 Å². The van der Waals surface area contributed by atoms with Crippen molar-refractivity contribution in [1.82, 2.24) is 9.97 Å². The van der Waals surface area contributed by atoms with E-state index in [4.69, 9.17) is 9.47 Å². The van der Waals surface area contributed by atoms with Gasteiger partial charge in [-0.2, -0.15) is 0 Å². The quantitative estimate of drug-likeness (QED) is 0.442. The number of nitrogens with zero attached hydrogens (tertiary/aromatic N) is 2. The van der Waals surface area contributed by atoms with Crippen molar-refractivity contribution in [3.05, 3.63) is 45.7 Å². The number of thiazole rings is 2. The molecule has 0 N–H and O–H groups in total. The third-order valence-electron chi connectivity index (χ3n) is 3.36. The molecule has 1 aromatic carbocycles. The monoisotopic (exact) mass is 374 g/mol. The summed E-state index contributed by atoms with van der Waals surface area (Å²) < 4.78 is 11.1. The molecular weight excluding hydrogens is 356 g/mol. The Balaban J connectivity index is 1.67. The van der Waals surface area contributed by atoms with Crippen LogP contribution in [0, 0.1) is 0 Å². The molecule has 0 aliphatic rings. The van der Waals surface area contributed by atoms with Crippen LogP contribution in [0.3, 0.4) is 0 Å². The van der Waals surface area contributed by atoms with Gasteiger partial charge in [0.15, 0.2) is 11.5 Å². The molecule has 3 rings (SSSR count). The van der Waals surface area contributed by atoms with Crippen molar-refractivity contribution in [3.8, 4) is 22.2 Å². The fourth-order valence-corrected chi connectivity index (χ4v) is 3.63. The van der Waals surface area contributed by atoms with Gasteiger partial charge in [-0.1, -0.05) is 26.0 Å². The van der Waals surface area contributed by atoms with Crippen molar-refractivity contribution in [3.63, 3.8) is 0 Å². The molecule has 0 fully saturated rings. The Bertz CT molecular complexity index is 857. The number of esters is 1. The lowest BCUT2D eigenvalue weighted by molar-refractivity contribution is -0.134. The number of aromatic nitrogens is 2. The van der Waals surface area contributed by atoms with E-state index in [9.17, 15) is 4.79 Å². The van der Waals surface area contributed by atoms with Crippen LogP contribution in [0.15, 0.2) is 35.0 Å². The summed E-state index contributed by atoms with van der Waals surface area (Å²) in [5.41, 5.74) is 1.73. The van der Waals surface area contributed by atoms with Crippen LogP contribution < -0.4 is 9.47 Å². The zero-order valence-corrected chi connectivity index (χ0v) is 15.7. The van der Waals surface area contributed by atoms with Crippen LogP contribution in [-0.2, 0) is 17.8 Å². The van der Waals surface area contributed by atoms with Gasteiger partial charge in [0.05, 0.1) is 10.7 Å². The lowest BCUT2D eigenvalue weighted by Crippen LogP contribution is -2.07. The van der Waals surface area contributed by atoms with Crippen molar-refractivity contribution in [2.24, 2.45) is 0 Å². The van der Waals surface area contributed by atoms with Crippen molar-refractivity contribution < 1.29 is 14.3 Å². The lowest BCUT2D eigenvalue weighted by Gasteiger charge is -2.10. The number of aryl methyl sites for hydroxylation is 1. The van der Waals surface area contributed by atoms with Crippen LogP contribution in [0.25, 0.3) is 10.7 Å². The summed E-state index contributed by atoms with van der Waals surface area (Å²) in [6.07, 6.45) is 1.25. The molecule has 0 amide bonds. The minimum absolute atomic E-state index is 0.290. The smallest absolute Gasteiger partial charge is 0.311 e. The Morgan fingerprint density at radius 3 is 2.60 bits per heavy atom. The van der Waals surface area contributed by atoms with Gasteiger partial charge in [0.2, 0.25) is 0 Å². The van der Waals surface area contributed by atoms with E-state index in [2.05, 4.69) is 16.9 Å². The number of carbonyl (C=O) groups is 1. The molecule has 2 aromatic heterocycles. The summed E-state index contributed by atoms with van der Waals surface area (Å²) in [7, 11) is 0. The first-order chi connectivity index (χ1) is 12.2. The lowest BCUT2D eigenvalue weighted by atomic mass is 10.3. The van der Waals surface area contributed by atoms with E-state index < -0.39 is 0 Å². The van der Waals surface area contributed by atoms with E-state index in [-0.39, 0.29) is 5.97 Å². The third kappa shape index (κ3) is 4.43. The summed E-state index contributed by atoms with van der Waals surface area (Å²) in [6, 6.07) is 7.14. The number of carbonyl (C=O) groups excluding carboxylic acids is 1. The van der Waals surface area contributed by atoms with E-state index in [1.165, 1.54) is 0 Å². The highest BCUT2D eigenvalue weighted by Gasteiger charge is 2.11. The second-order valence-electron chi connectivity index (χ2n) is 5.19. The summed E-state index contributed by atoms with van der Waals surface area (Å²) in [4.78, 5) is 20.6. The first-order valence-electron chi connectivity index (χ1n) is 8.01. The first kappa shape index (κ1) is 17.6. The molecule has 0 atom stereocenters. The molecule has 0 aliphatic heterocycles. The standard InChI is InChI=1S/C18H18N2O3S2/c1-3-16-20-13(11-24-16)18-19-12(10-25-18)9-22-14-7-5-6-8-15(14)23-17(21)4-2/h5-8,10-11H,3-4,9H2,1-2H3. The summed E-state index contributed by atoms with van der Waals surface area (Å²) in [5.74, 6) is 0.667. The number of para-hydroxylation sites is 2. The molecule has 0 spiro atoms. The Morgan fingerprint density at radius 1 is 1.08 bits per heavy atom. The molecule has 2 heterocycles. The Morgan fingerprint density at radius 2 is 1.88 bits per heavy atom. The van der Waals surface area contributed by atoms with E-state index >= 15 is 0 Å². The Kier molecular flexibility index (Phi) is 5.78. The maximum atomic E-state index is 11.5. The van der Waals surface area contributed by atoms with Gasteiger partial charge in [-0.25, -0.2) is 9.97 Å². The molecule has 0 saturated carbocycles. The molecule has 5 nitrogen and oxygen atoms in total. The van der Waals surface area contributed by atoms with Crippen LogP contribution in [0.5, 0.6) is 11.5 Å². The maximum Gasteiger partial charge on any atom is 0.311 e. The molecule has 0 unspecified atom stereocenters. The highest BCUT2D eigenvalue weighted by atomic mass is 32.1. The fraction of sp³-hybridized carbons (Fsp3) is 0.278. The summed E-state index contributed by atoms with van der Waals surface area (Å²) >= 11 is 3.20. The van der Waals surface area contributed by atoms with Gasteiger partial charge in [0.25, 0.3) is 0 Å². The SMILES string of the molecule is CCC(=O)Oc1ccccc1OCc1csc(-c2csc(CC)n2)n1. The largest absolute Gasteiger partial charge is 0.483 e. The molecular formula is C18H18N2O3S2. The maximum absolute atomic E-state index is 11.5. The van der Waals surface area contributed by atoms with Gasteiger partial charge < -0.3 is 9.47 Å². The van der Waals surface area contributed by atoms with Crippen molar-refractivity contribution in [1.29, 1.82) is 0 Å². The second kappa shape index (κ2) is 8.22. The van der Waals surface area contributed by atoms with Gasteiger partial charge in [-0.05, 0) is 18.6 Å². The number of benzene rings is 1. The van der Waals surface area contributed by atoms with Crippen molar-refractivity contribution in [2.75, 3.05) is 0 Å². The van der Waals surface area contributed by atoms with Gasteiger partial charge in [-0.3, -0.25) is 4.79 Å². The molecule has 7 heteroatoms. The van der Waals surface area contributed by atoms with E-state index in [0.717, 1.165) is 27.8 Å². The van der Waals surface area contributed by atoms with Crippen LogP contribution in [0.4, 0.5) is 0 Å². The van der Waals surface area contributed by atoms with E-state index in [0.29, 0.717) is 24.5 Å². The number of hydrogen-bond donors (Lipinski definition) is 0. The zero-order valence-electron chi connectivity index (χ0n) is 14.0. The first-order valence-corrected chi connectivity index (χ1v) is 9.77. The average Bonchev–Trinajstić information content (AvgIpc) is 3.29. The molecule has 0 radical (unpaired) electrons. The topological polar surface area (TPSA) is 61.3 Å². The molecule has 0 saturated heterocycles. The van der Waals surface area contributed by atoms with Crippen molar-refractivity contribution in [2.45, 2.75) is 33.3 Å². The normalized spacial score (nSPS) is 10.6.